The standard InChI is InChI=1S/C13H17BrF3NO/c1-12(2,3)18-7-9-4-5-11(10(14)6-9)19-8-13(15,16)17/h4-6,18H,7-8H2,1-3H3. The van der Waals surface area contributed by atoms with E-state index in [1.807, 2.05) is 20.8 Å². The normalized spacial score (nSPS) is 12.6. The van der Waals surface area contributed by atoms with Crippen molar-refractivity contribution in [2.45, 2.75) is 39.0 Å². The van der Waals surface area contributed by atoms with Gasteiger partial charge >= 0.3 is 6.18 Å². The van der Waals surface area contributed by atoms with Crippen LogP contribution in [-0.4, -0.2) is 18.3 Å². The number of hydrogen-bond acceptors (Lipinski definition) is 2. The van der Waals surface area contributed by atoms with Gasteiger partial charge in [0.05, 0.1) is 4.47 Å². The molecular weight excluding hydrogens is 323 g/mol. The van der Waals surface area contributed by atoms with E-state index in [-0.39, 0.29) is 11.3 Å². The minimum Gasteiger partial charge on any atom is -0.483 e. The monoisotopic (exact) mass is 339 g/mol. The van der Waals surface area contributed by atoms with Crippen molar-refractivity contribution in [3.8, 4) is 5.75 Å². The molecule has 1 N–H and O–H groups in total. The van der Waals surface area contributed by atoms with Gasteiger partial charge < -0.3 is 10.1 Å². The maximum absolute atomic E-state index is 12.1. The van der Waals surface area contributed by atoms with Crippen LogP contribution in [0.3, 0.4) is 0 Å². The molecule has 0 aromatic heterocycles. The molecule has 0 aliphatic rings. The van der Waals surface area contributed by atoms with Gasteiger partial charge in [-0.15, -0.1) is 0 Å². The molecule has 0 aliphatic carbocycles. The van der Waals surface area contributed by atoms with E-state index in [0.717, 1.165) is 5.56 Å². The van der Waals surface area contributed by atoms with Gasteiger partial charge in [0.2, 0.25) is 0 Å². The highest BCUT2D eigenvalue weighted by Crippen LogP contribution is 2.28. The first-order valence-corrected chi connectivity index (χ1v) is 6.59. The molecule has 108 valence electrons. The van der Waals surface area contributed by atoms with E-state index >= 15 is 0 Å². The number of ether oxygens (including phenoxy) is 1. The third-order valence-corrected chi connectivity index (χ3v) is 2.83. The molecule has 0 bridgehead atoms. The number of hydrogen-bond donors (Lipinski definition) is 1. The molecule has 0 saturated carbocycles. The van der Waals surface area contributed by atoms with Crippen LogP contribution in [-0.2, 0) is 6.54 Å². The minimum absolute atomic E-state index is 0.0159. The number of rotatable bonds is 4. The van der Waals surface area contributed by atoms with Crippen LogP contribution >= 0.6 is 15.9 Å². The van der Waals surface area contributed by atoms with E-state index < -0.39 is 12.8 Å². The van der Waals surface area contributed by atoms with E-state index in [1.54, 1.807) is 12.1 Å². The van der Waals surface area contributed by atoms with Crippen LogP contribution in [0.1, 0.15) is 26.3 Å². The van der Waals surface area contributed by atoms with Gasteiger partial charge in [0, 0.05) is 12.1 Å². The van der Waals surface area contributed by atoms with Crippen molar-refractivity contribution in [1.82, 2.24) is 5.32 Å². The number of halogens is 4. The predicted octanol–water partition coefficient (Wildman–Crippen LogP) is 4.28. The van der Waals surface area contributed by atoms with Gasteiger partial charge in [-0.2, -0.15) is 13.2 Å². The molecule has 0 fully saturated rings. The van der Waals surface area contributed by atoms with Crippen LogP contribution in [0.25, 0.3) is 0 Å². The first kappa shape index (κ1) is 16.3. The summed E-state index contributed by atoms with van der Waals surface area (Å²) in [4.78, 5) is 0. The highest BCUT2D eigenvalue weighted by molar-refractivity contribution is 9.10. The number of nitrogens with one attached hydrogen (secondary N) is 1. The molecule has 0 aliphatic heterocycles. The van der Waals surface area contributed by atoms with Crippen LogP contribution in [0.5, 0.6) is 5.75 Å². The molecule has 0 spiro atoms. The largest absolute Gasteiger partial charge is 0.483 e. The van der Waals surface area contributed by atoms with Gasteiger partial charge in [-0.3, -0.25) is 0 Å². The lowest BCUT2D eigenvalue weighted by atomic mass is 10.1. The topological polar surface area (TPSA) is 21.3 Å². The third-order valence-electron chi connectivity index (χ3n) is 2.21. The molecule has 0 heterocycles. The smallest absolute Gasteiger partial charge is 0.422 e. The molecule has 19 heavy (non-hydrogen) atoms. The fourth-order valence-corrected chi connectivity index (χ4v) is 1.84. The Bertz CT molecular complexity index is 427. The van der Waals surface area contributed by atoms with Crippen LogP contribution in [0.4, 0.5) is 13.2 Å². The van der Waals surface area contributed by atoms with Crippen molar-refractivity contribution in [2.75, 3.05) is 6.61 Å². The van der Waals surface area contributed by atoms with Gasteiger partial charge in [0.25, 0.3) is 0 Å². The Hall–Kier alpha value is -0.750. The lowest BCUT2D eigenvalue weighted by Gasteiger charge is -2.20. The summed E-state index contributed by atoms with van der Waals surface area (Å²) in [6, 6.07) is 5.04. The van der Waals surface area contributed by atoms with Crippen molar-refractivity contribution >= 4 is 15.9 Å². The molecule has 6 heteroatoms. The Kier molecular flexibility index (Phi) is 5.26. The summed E-state index contributed by atoms with van der Waals surface area (Å²) < 4.78 is 41.4. The van der Waals surface area contributed by atoms with Crippen molar-refractivity contribution in [3.63, 3.8) is 0 Å². The lowest BCUT2D eigenvalue weighted by molar-refractivity contribution is -0.153. The average molecular weight is 340 g/mol. The van der Waals surface area contributed by atoms with Crippen LogP contribution in [0, 0.1) is 0 Å². The van der Waals surface area contributed by atoms with E-state index in [9.17, 15) is 13.2 Å². The van der Waals surface area contributed by atoms with Crippen molar-refractivity contribution in [2.24, 2.45) is 0 Å². The Morgan fingerprint density at radius 3 is 2.32 bits per heavy atom. The Morgan fingerprint density at radius 2 is 1.84 bits per heavy atom. The molecule has 0 atom stereocenters. The van der Waals surface area contributed by atoms with E-state index in [4.69, 9.17) is 4.74 Å². The number of alkyl halides is 3. The third kappa shape index (κ3) is 6.82. The Labute approximate surface area is 119 Å². The van der Waals surface area contributed by atoms with E-state index in [0.29, 0.717) is 11.0 Å². The molecule has 0 amide bonds. The van der Waals surface area contributed by atoms with Crippen LogP contribution < -0.4 is 10.1 Å². The molecule has 2 nitrogen and oxygen atoms in total. The molecule has 0 saturated heterocycles. The molecule has 1 aromatic rings. The van der Waals surface area contributed by atoms with E-state index in [2.05, 4.69) is 21.2 Å². The molecular formula is C13H17BrF3NO. The van der Waals surface area contributed by atoms with Gasteiger partial charge in [0.1, 0.15) is 5.75 Å². The molecule has 1 rings (SSSR count). The molecule has 1 aromatic carbocycles. The summed E-state index contributed by atoms with van der Waals surface area (Å²) in [5.41, 5.74) is 0.957. The highest BCUT2D eigenvalue weighted by atomic mass is 79.9. The van der Waals surface area contributed by atoms with Crippen LogP contribution in [0.15, 0.2) is 22.7 Å². The first-order valence-electron chi connectivity index (χ1n) is 5.80. The van der Waals surface area contributed by atoms with Gasteiger partial charge in [-0.05, 0) is 54.4 Å². The van der Waals surface area contributed by atoms with Crippen molar-refractivity contribution < 1.29 is 17.9 Å². The van der Waals surface area contributed by atoms with Crippen molar-refractivity contribution in [3.05, 3.63) is 28.2 Å². The zero-order chi connectivity index (χ0) is 14.7. The highest BCUT2D eigenvalue weighted by Gasteiger charge is 2.28. The van der Waals surface area contributed by atoms with E-state index in [1.165, 1.54) is 6.07 Å². The summed E-state index contributed by atoms with van der Waals surface area (Å²) in [6.45, 7) is 5.49. The summed E-state index contributed by atoms with van der Waals surface area (Å²) in [6.07, 6.45) is -4.33. The quantitative estimate of drug-likeness (QED) is 0.883. The summed E-state index contributed by atoms with van der Waals surface area (Å²) in [5, 5.41) is 3.30. The van der Waals surface area contributed by atoms with Crippen LogP contribution in [0.2, 0.25) is 0 Å². The summed E-state index contributed by atoms with van der Waals surface area (Å²) >= 11 is 3.22. The molecule has 0 radical (unpaired) electrons. The van der Waals surface area contributed by atoms with Crippen molar-refractivity contribution in [1.29, 1.82) is 0 Å². The minimum atomic E-state index is -4.33. The van der Waals surface area contributed by atoms with Gasteiger partial charge in [-0.25, -0.2) is 0 Å². The second kappa shape index (κ2) is 6.13. The van der Waals surface area contributed by atoms with Gasteiger partial charge in [-0.1, -0.05) is 6.07 Å². The zero-order valence-corrected chi connectivity index (χ0v) is 12.7. The summed E-state index contributed by atoms with van der Waals surface area (Å²) in [7, 11) is 0. The average Bonchev–Trinajstić information content (AvgIpc) is 2.22. The summed E-state index contributed by atoms with van der Waals surface area (Å²) in [5.74, 6) is 0.192. The second-order valence-corrected chi connectivity index (χ2v) is 6.13. The molecule has 0 unspecified atom stereocenters. The van der Waals surface area contributed by atoms with Gasteiger partial charge in [0.15, 0.2) is 6.61 Å². The Morgan fingerprint density at radius 1 is 1.21 bits per heavy atom. The fraction of sp³-hybridized carbons (Fsp3) is 0.538. The maximum Gasteiger partial charge on any atom is 0.422 e. The second-order valence-electron chi connectivity index (χ2n) is 5.27. The lowest BCUT2D eigenvalue weighted by Crippen LogP contribution is -2.35. The fourth-order valence-electron chi connectivity index (χ4n) is 1.30. The maximum atomic E-state index is 12.1. The first-order chi connectivity index (χ1) is 8.57. The predicted molar refractivity (Wildman–Crippen MR) is 72.3 cm³/mol. The zero-order valence-electron chi connectivity index (χ0n) is 11.1. The Balaban J connectivity index is 2.64. The SMILES string of the molecule is CC(C)(C)NCc1ccc(OCC(F)(F)F)c(Br)c1. The number of benzene rings is 1.